The molecule has 1 heterocycles. The molecule has 0 aliphatic heterocycles. The summed E-state index contributed by atoms with van der Waals surface area (Å²) >= 11 is 4.91. The van der Waals surface area contributed by atoms with Crippen molar-refractivity contribution in [3.05, 3.63) is 18.1 Å². The number of nitrogens with one attached hydrogen (secondary N) is 1. The SMILES string of the molecule is CC(C)CCCNc1nccnc1C(N)=S. The van der Waals surface area contributed by atoms with Gasteiger partial charge in [0.05, 0.1) is 0 Å². The standard InChI is InChI=1S/C11H18N4S/c1-8(2)4-3-5-14-11-9(10(12)16)13-6-7-15-11/h6-8H,3-5H2,1-2H3,(H2,12,16)(H,14,15). The third-order valence-electron chi connectivity index (χ3n) is 2.18. The molecule has 5 heteroatoms. The van der Waals surface area contributed by atoms with Crippen LogP contribution in [0, 0.1) is 5.92 Å². The van der Waals surface area contributed by atoms with Gasteiger partial charge in [-0.3, -0.25) is 0 Å². The van der Waals surface area contributed by atoms with Crippen LogP contribution in [0.1, 0.15) is 32.4 Å². The predicted octanol–water partition coefficient (Wildman–Crippen LogP) is 1.96. The Morgan fingerprint density at radius 3 is 2.75 bits per heavy atom. The first kappa shape index (κ1) is 12.8. The average Bonchev–Trinajstić information content (AvgIpc) is 2.24. The molecule has 1 aromatic heterocycles. The number of hydrogen-bond acceptors (Lipinski definition) is 4. The molecule has 0 amide bonds. The number of hydrogen-bond donors (Lipinski definition) is 2. The van der Waals surface area contributed by atoms with E-state index < -0.39 is 0 Å². The molecule has 0 saturated heterocycles. The van der Waals surface area contributed by atoms with Crippen LogP contribution in [-0.4, -0.2) is 21.5 Å². The topological polar surface area (TPSA) is 63.8 Å². The number of aromatic nitrogens is 2. The Balaban J connectivity index is 2.50. The van der Waals surface area contributed by atoms with Crippen molar-refractivity contribution in [2.24, 2.45) is 11.7 Å². The van der Waals surface area contributed by atoms with Gasteiger partial charge < -0.3 is 11.1 Å². The van der Waals surface area contributed by atoms with Crippen molar-refractivity contribution in [1.82, 2.24) is 9.97 Å². The lowest BCUT2D eigenvalue weighted by atomic mass is 10.1. The molecule has 88 valence electrons. The van der Waals surface area contributed by atoms with Crippen LogP contribution in [0.2, 0.25) is 0 Å². The van der Waals surface area contributed by atoms with E-state index in [2.05, 4.69) is 29.1 Å². The van der Waals surface area contributed by atoms with Gasteiger partial charge in [0.2, 0.25) is 0 Å². The van der Waals surface area contributed by atoms with Gasteiger partial charge in [0.15, 0.2) is 5.82 Å². The van der Waals surface area contributed by atoms with Gasteiger partial charge in [0, 0.05) is 18.9 Å². The zero-order valence-electron chi connectivity index (χ0n) is 9.73. The highest BCUT2D eigenvalue weighted by molar-refractivity contribution is 7.80. The summed E-state index contributed by atoms with van der Waals surface area (Å²) in [6.07, 6.45) is 5.51. The molecule has 0 aliphatic carbocycles. The van der Waals surface area contributed by atoms with Crippen molar-refractivity contribution in [2.75, 3.05) is 11.9 Å². The van der Waals surface area contributed by atoms with Crippen LogP contribution in [0.3, 0.4) is 0 Å². The van der Waals surface area contributed by atoms with E-state index in [1.807, 2.05) is 0 Å². The van der Waals surface area contributed by atoms with E-state index in [0.717, 1.165) is 18.9 Å². The molecule has 0 spiro atoms. The van der Waals surface area contributed by atoms with Gasteiger partial charge in [-0.2, -0.15) is 0 Å². The largest absolute Gasteiger partial charge is 0.388 e. The molecule has 1 rings (SSSR count). The molecule has 0 aliphatic rings. The van der Waals surface area contributed by atoms with Gasteiger partial charge >= 0.3 is 0 Å². The Morgan fingerprint density at radius 1 is 1.44 bits per heavy atom. The van der Waals surface area contributed by atoms with Crippen molar-refractivity contribution in [1.29, 1.82) is 0 Å². The summed E-state index contributed by atoms with van der Waals surface area (Å²) in [5, 5.41) is 3.21. The van der Waals surface area contributed by atoms with Crippen LogP contribution in [0.4, 0.5) is 5.82 Å². The lowest BCUT2D eigenvalue weighted by Crippen LogP contribution is -2.16. The fourth-order valence-corrected chi connectivity index (χ4v) is 1.51. The Labute approximate surface area is 102 Å². The molecule has 0 unspecified atom stereocenters. The first-order valence-corrected chi connectivity index (χ1v) is 5.86. The maximum Gasteiger partial charge on any atom is 0.155 e. The lowest BCUT2D eigenvalue weighted by Gasteiger charge is -2.09. The third kappa shape index (κ3) is 4.10. The molecule has 1 aromatic rings. The summed E-state index contributed by atoms with van der Waals surface area (Å²) < 4.78 is 0. The molecular formula is C11H18N4S. The molecule has 0 aromatic carbocycles. The molecule has 4 nitrogen and oxygen atoms in total. The fraction of sp³-hybridized carbons (Fsp3) is 0.545. The van der Waals surface area contributed by atoms with Crippen LogP contribution >= 0.6 is 12.2 Å². The van der Waals surface area contributed by atoms with E-state index in [4.69, 9.17) is 18.0 Å². The van der Waals surface area contributed by atoms with E-state index in [9.17, 15) is 0 Å². The second-order valence-corrected chi connectivity index (χ2v) is 4.52. The van der Waals surface area contributed by atoms with Gasteiger partial charge in [0.1, 0.15) is 10.7 Å². The Morgan fingerprint density at radius 2 is 2.12 bits per heavy atom. The van der Waals surface area contributed by atoms with Gasteiger partial charge in [-0.25, -0.2) is 9.97 Å². The van der Waals surface area contributed by atoms with Gasteiger partial charge in [-0.05, 0) is 18.8 Å². The van der Waals surface area contributed by atoms with Gasteiger partial charge in [0.25, 0.3) is 0 Å². The van der Waals surface area contributed by atoms with E-state index in [1.54, 1.807) is 12.4 Å². The normalized spacial score (nSPS) is 10.4. The molecule has 0 saturated carbocycles. The van der Waals surface area contributed by atoms with Crippen LogP contribution in [-0.2, 0) is 0 Å². The van der Waals surface area contributed by atoms with Crippen LogP contribution < -0.4 is 11.1 Å². The van der Waals surface area contributed by atoms with Crippen molar-refractivity contribution < 1.29 is 0 Å². The summed E-state index contributed by atoms with van der Waals surface area (Å²) in [6, 6.07) is 0. The smallest absolute Gasteiger partial charge is 0.155 e. The quantitative estimate of drug-likeness (QED) is 0.586. The number of anilines is 1. The summed E-state index contributed by atoms with van der Waals surface area (Å²) in [5.41, 5.74) is 6.13. The molecule has 0 bridgehead atoms. The number of rotatable bonds is 6. The molecule has 0 radical (unpaired) electrons. The van der Waals surface area contributed by atoms with Crippen LogP contribution in [0.5, 0.6) is 0 Å². The zero-order valence-corrected chi connectivity index (χ0v) is 10.5. The van der Waals surface area contributed by atoms with Crippen molar-refractivity contribution in [2.45, 2.75) is 26.7 Å². The number of thiocarbonyl (C=S) groups is 1. The van der Waals surface area contributed by atoms with E-state index >= 15 is 0 Å². The molecular weight excluding hydrogens is 220 g/mol. The molecule has 0 fully saturated rings. The highest BCUT2D eigenvalue weighted by atomic mass is 32.1. The van der Waals surface area contributed by atoms with E-state index in [1.165, 1.54) is 6.42 Å². The third-order valence-corrected chi connectivity index (χ3v) is 2.38. The Bertz CT molecular complexity index is 352. The second kappa shape index (κ2) is 6.37. The lowest BCUT2D eigenvalue weighted by molar-refractivity contribution is 0.566. The van der Waals surface area contributed by atoms with Crippen molar-refractivity contribution in [3.63, 3.8) is 0 Å². The Kier molecular flexibility index (Phi) is 5.11. The van der Waals surface area contributed by atoms with Crippen molar-refractivity contribution >= 4 is 23.0 Å². The molecule has 0 atom stereocenters. The molecule has 16 heavy (non-hydrogen) atoms. The maximum atomic E-state index is 5.56. The highest BCUT2D eigenvalue weighted by Crippen LogP contribution is 2.09. The van der Waals surface area contributed by atoms with Crippen LogP contribution in [0.25, 0.3) is 0 Å². The fourth-order valence-electron chi connectivity index (χ4n) is 1.36. The minimum absolute atomic E-state index is 0.277. The minimum Gasteiger partial charge on any atom is -0.388 e. The summed E-state index contributed by atoms with van der Waals surface area (Å²) in [4.78, 5) is 8.55. The predicted molar refractivity (Wildman–Crippen MR) is 70.5 cm³/mol. The number of nitrogens with zero attached hydrogens (tertiary/aromatic N) is 2. The summed E-state index contributed by atoms with van der Waals surface area (Å²) in [5.74, 6) is 1.40. The number of nitrogens with two attached hydrogens (primary N) is 1. The molecule has 3 N–H and O–H groups in total. The summed E-state index contributed by atoms with van der Waals surface area (Å²) in [6.45, 7) is 5.29. The van der Waals surface area contributed by atoms with Gasteiger partial charge in [-0.1, -0.05) is 26.1 Å². The maximum absolute atomic E-state index is 5.56. The minimum atomic E-state index is 0.277. The second-order valence-electron chi connectivity index (χ2n) is 4.08. The zero-order chi connectivity index (χ0) is 12.0. The summed E-state index contributed by atoms with van der Waals surface area (Å²) in [7, 11) is 0. The highest BCUT2D eigenvalue weighted by Gasteiger charge is 2.06. The van der Waals surface area contributed by atoms with Crippen molar-refractivity contribution in [3.8, 4) is 0 Å². The average molecular weight is 238 g/mol. The first-order valence-electron chi connectivity index (χ1n) is 5.46. The monoisotopic (exact) mass is 238 g/mol. The van der Waals surface area contributed by atoms with Gasteiger partial charge in [-0.15, -0.1) is 0 Å². The van der Waals surface area contributed by atoms with E-state index in [-0.39, 0.29) is 4.99 Å². The Hall–Kier alpha value is -1.23. The van der Waals surface area contributed by atoms with E-state index in [0.29, 0.717) is 11.5 Å². The first-order chi connectivity index (χ1) is 7.61. The van der Waals surface area contributed by atoms with Crippen LogP contribution in [0.15, 0.2) is 12.4 Å².